The molecule has 0 aliphatic rings. The van der Waals surface area contributed by atoms with E-state index in [0.29, 0.717) is 18.2 Å². The second-order valence-electron chi connectivity index (χ2n) is 8.68. The Balaban J connectivity index is 2.12. The second-order valence-corrected chi connectivity index (χ2v) is 8.68. The standard InChI is InChI=1S/C28H10F12O/c1-41-11-5-2-9(3-6-11)14-13-8-10(29)4-7-12(13)15(17-16(14)20(30)26(36)27(37)21(17)31)18-22(32)24(34)19(28(38,39)40)25(35)23(18)33/h2-8H,1H3. The van der Waals surface area contributed by atoms with Gasteiger partial charge in [-0.15, -0.1) is 0 Å². The van der Waals surface area contributed by atoms with Gasteiger partial charge in [-0.2, -0.15) is 13.2 Å². The Morgan fingerprint density at radius 3 is 1.51 bits per heavy atom. The Labute approximate surface area is 221 Å². The number of halogens is 12. The van der Waals surface area contributed by atoms with Crippen molar-refractivity contribution in [3.63, 3.8) is 0 Å². The van der Waals surface area contributed by atoms with E-state index < -0.39 is 102 Å². The maximum absolute atomic E-state index is 15.5. The van der Waals surface area contributed by atoms with Crippen molar-refractivity contribution in [1.82, 2.24) is 0 Å². The zero-order chi connectivity index (χ0) is 30.1. The van der Waals surface area contributed by atoms with E-state index in [-0.39, 0.29) is 11.3 Å². The second kappa shape index (κ2) is 9.60. The van der Waals surface area contributed by atoms with Gasteiger partial charge in [0.25, 0.3) is 0 Å². The molecule has 0 bridgehead atoms. The van der Waals surface area contributed by atoms with E-state index in [1.54, 1.807) is 0 Å². The fourth-order valence-corrected chi connectivity index (χ4v) is 4.73. The lowest BCUT2D eigenvalue weighted by atomic mass is 9.84. The molecular weight excluding hydrogens is 580 g/mol. The summed E-state index contributed by atoms with van der Waals surface area (Å²) in [6, 6.07) is 6.91. The average molecular weight is 590 g/mol. The van der Waals surface area contributed by atoms with Crippen LogP contribution in [0.1, 0.15) is 5.56 Å². The van der Waals surface area contributed by atoms with E-state index in [0.717, 1.165) is 0 Å². The van der Waals surface area contributed by atoms with Gasteiger partial charge in [-0.1, -0.05) is 18.2 Å². The first kappa shape index (κ1) is 28.1. The first-order valence-corrected chi connectivity index (χ1v) is 11.2. The number of alkyl halides is 3. The molecule has 5 rings (SSSR count). The Morgan fingerprint density at radius 1 is 0.512 bits per heavy atom. The third kappa shape index (κ3) is 4.13. The van der Waals surface area contributed by atoms with Crippen molar-refractivity contribution < 1.29 is 57.4 Å². The minimum atomic E-state index is -5.94. The van der Waals surface area contributed by atoms with Crippen LogP contribution in [0.5, 0.6) is 5.75 Å². The van der Waals surface area contributed by atoms with Crippen molar-refractivity contribution >= 4 is 21.5 Å². The van der Waals surface area contributed by atoms with E-state index in [4.69, 9.17) is 4.74 Å². The van der Waals surface area contributed by atoms with Crippen molar-refractivity contribution in [2.24, 2.45) is 0 Å². The Hall–Kier alpha value is -4.42. The van der Waals surface area contributed by atoms with E-state index in [1.807, 2.05) is 0 Å². The molecule has 0 fully saturated rings. The lowest BCUT2D eigenvalue weighted by Crippen LogP contribution is -2.16. The highest BCUT2D eigenvalue weighted by Crippen LogP contribution is 2.49. The minimum Gasteiger partial charge on any atom is -0.497 e. The number of fused-ring (bicyclic) bond motifs is 2. The first-order chi connectivity index (χ1) is 19.2. The number of ether oxygens (including phenoxy) is 1. The van der Waals surface area contributed by atoms with Crippen LogP contribution in [0.2, 0.25) is 0 Å². The van der Waals surface area contributed by atoms with Crippen molar-refractivity contribution in [3.8, 4) is 28.0 Å². The zero-order valence-corrected chi connectivity index (χ0v) is 20.0. The van der Waals surface area contributed by atoms with Crippen LogP contribution in [-0.4, -0.2) is 7.11 Å². The third-order valence-electron chi connectivity index (χ3n) is 6.46. The molecule has 5 aromatic rings. The first-order valence-electron chi connectivity index (χ1n) is 11.2. The minimum absolute atomic E-state index is 0.118. The normalized spacial score (nSPS) is 12.0. The van der Waals surface area contributed by atoms with Crippen molar-refractivity contribution in [2.45, 2.75) is 6.18 Å². The molecule has 0 heterocycles. The number of methoxy groups -OCH3 is 1. The summed E-state index contributed by atoms with van der Waals surface area (Å²) in [5, 5.41) is -3.99. The molecule has 1 nitrogen and oxygen atoms in total. The molecule has 0 amide bonds. The summed E-state index contributed by atoms with van der Waals surface area (Å²) in [5.74, 6) is -21.5. The molecule has 13 heteroatoms. The van der Waals surface area contributed by atoms with Crippen molar-refractivity contribution in [3.05, 3.63) is 100 Å². The molecule has 0 atom stereocenters. The van der Waals surface area contributed by atoms with Crippen LogP contribution in [0, 0.1) is 52.4 Å². The number of rotatable bonds is 3. The highest BCUT2D eigenvalue weighted by molar-refractivity contribution is 6.21. The quantitative estimate of drug-likeness (QED) is 0.0880. The third-order valence-corrected chi connectivity index (χ3v) is 6.46. The molecule has 212 valence electrons. The number of hydrogen-bond donors (Lipinski definition) is 0. The molecule has 5 aromatic carbocycles. The van der Waals surface area contributed by atoms with Gasteiger partial charge in [0.1, 0.15) is 17.1 Å². The smallest absolute Gasteiger partial charge is 0.422 e. The van der Waals surface area contributed by atoms with Gasteiger partial charge in [-0.3, -0.25) is 0 Å². The molecule has 0 unspecified atom stereocenters. The monoisotopic (exact) mass is 590 g/mol. The molecular formula is C28H10F12O. The maximum atomic E-state index is 15.5. The molecule has 0 aliphatic carbocycles. The summed E-state index contributed by atoms with van der Waals surface area (Å²) in [6.45, 7) is 0. The van der Waals surface area contributed by atoms with E-state index in [2.05, 4.69) is 0 Å². The van der Waals surface area contributed by atoms with Gasteiger partial charge in [-0.05, 0) is 40.6 Å². The molecule has 0 saturated heterocycles. The summed E-state index contributed by atoms with van der Waals surface area (Å²) in [6.07, 6.45) is -5.94. The number of benzene rings is 5. The zero-order valence-electron chi connectivity index (χ0n) is 20.0. The Kier molecular flexibility index (Phi) is 6.58. The highest BCUT2D eigenvalue weighted by atomic mass is 19.4. The molecule has 0 saturated carbocycles. The van der Waals surface area contributed by atoms with Crippen LogP contribution in [0.4, 0.5) is 52.7 Å². The van der Waals surface area contributed by atoms with Gasteiger partial charge < -0.3 is 4.74 Å². The molecule has 0 aromatic heterocycles. The predicted octanol–water partition coefficient (Wildman–Crippen LogP) is 9.61. The molecule has 0 aliphatic heterocycles. The van der Waals surface area contributed by atoms with Gasteiger partial charge in [0, 0.05) is 21.9 Å². The maximum Gasteiger partial charge on any atom is 0.422 e. The largest absolute Gasteiger partial charge is 0.497 e. The van der Waals surface area contributed by atoms with Crippen LogP contribution in [0.25, 0.3) is 43.8 Å². The van der Waals surface area contributed by atoms with Crippen LogP contribution in [0.3, 0.4) is 0 Å². The lowest BCUT2D eigenvalue weighted by Gasteiger charge is -2.21. The average Bonchev–Trinajstić information content (AvgIpc) is 2.92. The van der Waals surface area contributed by atoms with E-state index >= 15 is 17.6 Å². The van der Waals surface area contributed by atoms with Crippen molar-refractivity contribution in [1.29, 1.82) is 0 Å². The van der Waals surface area contributed by atoms with E-state index in [9.17, 15) is 35.1 Å². The van der Waals surface area contributed by atoms with Gasteiger partial charge in [0.15, 0.2) is 46.5 Å². The fourth-order valence-electron chi connectivity index (χ4n) is 4.73. The highest BCUT2D eigenvalue weighted by Gasteiger charge is 2.43. The van der Waals surface area contributed by atoms with Crippen LogP contribution >= 0.6 is 0 Å². The van der Waals surface area contributed by atoms with Crippen LogP contribution in [-0.2, 0) is 6.18 Å². The molecule has 0 N–H and O–H groups in total. The summed E-state index contributed by atoms with van der Waals surface area (Å²) in [5.41, 5.74) is -7.03. The fraction of sp³-hybridized carbons (Fsp3) is 0.0714. The Bertz CT molecular complexity index is 1860. The van der Waals surface area contributed by atoms with Gasteiger partial charge in [0.05, 0.1) is 12.7 Å². The Morgan fingerprint density at radius 2 is 1.02 bits per heavy atom. The van der Waals surface area contributed by atoms with Gasteiger partial charge in [0.2, 0.25) is 0 Å². The summed E-state index contributed by atoms with van der Waals surface area (Å²) >= 11 is 0. The molecule has 0 spiro atoms. The topological polar surface area (TPSA) is 9.23 Å². The van der Waals surface area contributed by atoms with Crippen molar-refractivity contribution in [2.75, 3.05) is 7.11 Å². The molecule has 0 radical (unpaired) electrons. The lowest BCUT2D eigenvalue weighted by molar-refractivity contribution is -0.143. The summed E-state index contributed by atoms with van der Waals surface area (Å²) in [7, 11) is 1.28. The number of hydrogen-bond acceptors (Lipinski definition) is 1. The van der Waals surface area contributed by atoms with Gasteiger partial charge >= 0.3 is 6.18 Å². The van der Waals surface area contributed by atoms with Crippen LogP contribution in [0.15, 0.2) is 42.5 Å². The van der Waals surface area contributed by atoms with Crippen LogP contribution < -0.4 is 4.74 Å². The van der Waals surface area contributed by atoms with Gasteiger partial charge in [-0.25, -0.2) is 39.5 Å². The predicted molar refractivity (Wildman–Crippen MR) is 124 cm³/mol. The SMILES string of the molecule is COc1ccc(-c2c3cc(F)ccc3c(-c3c(F)c(F)c(C(F)(F)F)c(F)c3F)c3c(F)c(F)c(F)c(F)c23)cc1. The molecule has 41 heavy (non-hydrogen) atoms. The summed E-state index contributed by atoms with van der Waals surface area (Å²) in [4.78, 5) is 0. The van der Waals surface area contributed by atoms with E-state index in [1.165, 1.54) is 31.4 Å². The summed E-state index contributed by atoms with van der Waals surface area (Å²) < 4.78 is 179.